The molecule has 0 fully saturated rings. The van der Waals surface area contributed by atoms with Crippen molar-refractivity contribution < 1.29 is 9.53 Å². The molecule has 0 aliphatic heterocycles. The second-order valence-corrected chi connectivity index (χ2v) is 9.27. The summed E-state index contributed by atoms with van der Waals surface area (Å²) in [6.45, 7) is 5.04. The molecule has 3 aromatic heterocycles. The molecule has 0 spiro atoms. The molecule has 0 atom stereocenters. The fourth-order valence-electron chi connectivity index (χ4n) is 3.36. The molecule has 35 heavy (non-hydrogen) atoms. The highest BCUT2D eigenvalue weighted by molar-refractivity contribution is 7.97. The molecule has 0 bridgehead atoms. The third-order valence-electron chi connectivity index (χ3n) is 4.86. The summed E-state index contributed by atoms with van der Waals surface area (Å²) in [6.07, 6.45) is 7.17. The zero-order valence-corrected chi connectivity index (χ0v) is 20.6. The minimum atomic E-state index is -0.306. The van der Waals surface area contributed by atoms with Gasteiger partial charge in [-0.15, -0.1) is 0 Å². The average molecular weight is 489 g/mol. The minimum absolute atomic E-state index is 0.0748. The van der Waals surface area contributed by atoms with E-state index < -0.39 is 0 Å². The molecule has 0 aliphatic carbocycles. The van der Waals surface area contributed by atoms with E-state index in [2.05, 4.69) is 44.0 Å². The van der Waals surface area contributed by atoms with Gasteiger partial charge >= 0.3 is 5.97 Å². The van der Waals surface area contributed by atoms with Crippen LogP contribution in [-0.2, 0) is 22.6 Å². The van der Waals surface area contributed by atoms with Crippen LogP contribution in [0.1, 0.15) is 25.1 Å². The average Bonchev–Trinajstić information content (AvgIpc) is 3.39. The Morgan fingerprint density at radius 3 is 2.63 bits per heavy atom. The number of ether oxygens (including phenoxy) is 1. The Bertz CT molecular complexity index is 1200. The van der Waals surface area contributed by atoms with Crippen LogP contribution in [-0.4, -0.2) is 42.7 Å². The number of aromatic nitrogens is 4. The van der Waals surface area contributed by atoms with Crippen LogP contribution in [0.25, 0.3) is 5.69 Å². The minimum Gasteiger partial charge on any atom is -0.462 e. The maximum absolute atomic E-state index is 11.9. The van der Waals surface area contributed by atoms with E-state index in [-0.39, 0.29) is 18.6 Å². The van der Waals surface area contributed by atoms with Crippen LogP contribution in [0.5, 0.6) is 0 Å². The molecule has 8 nitrogen and oxygen atoms in total. The topological polar surface area (TPSA) is 85.2 Å². The van der Waals surface area contributed by atoms with Crippen molar-refractivity contribution in [3.63, 3.8) is 0 Å². The smallest absolute Gasteiger partial charge is 0.325 e. The number of hydrogen-bond acceptors (Lipinski definition) is 8. The summed E-state index contributed by atoms with van der Waals surface area (Å²) in [7, 11) is 0. The Hall–Kier alpha value is -3.69. The van der Waals surface area contributed by atoms with Crippen molar-refractivity contribution in [3.05, 3.63) is 96.7 Å². The first kappa shape index (κ1) is 24.4. The van der Waals surface area contributed by atoms with Gasteiger partial charge in [-0.3, -0.25) is 9.78 Å². The van der Waals surface area contributed by atoms with E-state index in [9.17, 15) is 4.79 Å². The summed E-state index contributed by atoms with van der Waals surface area (Å²) < 4.78 is 9.25. The molecule has 1 aromatic carbocycles. The van der Waals surface area contributed by atoms with Gasteiger partial charge in [0.05, 0.1) is 24.0 Å². The Balaban J connectivity index is 1.45. The first-order valence-electron chi connectivity index (χ1n) is 11.4. The first-order chi connectivity index (χ1) is 17.0. The van der Waals surface area contributed by atoms with Crippen LogP contribution < -0.4 is 5.32 Å². The van der Waals surface area contributed by atoms with E-state index in [1.807, 2.05) is 67.3 Å². The van der Waals surface area contributed by atoms with Crippen molar-refractivity contribution in [2.45, 2.75) is 37.9 Å². The molecule has 0 unspecified atom stereocenters. The van der Waals surface area contributed by atoms with E-state index >= 15 is 0 Å². The van der Waals surface area contributed by atoms with Crippen LogP contribution in [0, 0.1) is 0 Å². The predicted octanol–water partition coefficient (Wildman–Crippen LogP) is 4.74. The van der Waals surface area contributed by atoms with E-state index in [4.69, 9.17) is 9.72 Å². The molecule has 0 saturated carbocycles. The van der Waals surface area contributed by atoms with Gasteiger partial charge in [0.25, 0.3) is 0 Å². The summed E-state index contributed by atoms with van der Waals surface area (Å²) in [5.74, 6) is 0.331. The quantitative estimate of drug-likeness (QED) is 0.239. The highest BCUT2D eigenvalue weighted by atomic mass is 32.2. The molecular formula is C26H28N6O2S. The summed E-state index contributed by atoms with van der Waals surface area (Å²) >= 11 is 1.63. The fourth-order valence-corrected chi connectivity index (χ4v) is 4.32. The van der Waals surface area contributed by atoms with Gasteiger partial charge in [0.2, 0.25) is 0 Å². The molecule has 4 aromatic rings. The Kier molecular flexibility index (Phi) is 8.48. The molecule has 0 saturated heterocycles. The van der Waals surface area contributed by atoms with Crippen molar-refractivity contribution in [2.75, 3.05) is 11.9 Å². The lowest BCUT2D eigenvalue weighted by Crippen LogP contribution is -2.21. The zero-order chi connectivity index (χ0) is 24.5. The third kappa shape index (κ3) is 7.66. The lowest BCUT2D eigenvalue weighted by atomic mass is 10.2. The number of pyridine rings is 2. The van der Waals surface area contributed by atoms with Gasteiger partial charge in [-0.05, 0) is 73.8 Å². The molecule has 1 N–H and O–H groups in total. The summed E-state index contributed by atoms with van der Waals surface area (Å²) in [5.41, 5.74) is 3.07. The van der Waals surface area contributed by atoms with Crippen molar-refractivity contribution >= 4 is 23.7 Å². The Morgan fingerprint density at radius 2 is 1.91 bits per heavy atom. The van der Waals surface area contributed by atoms with Crippen LogP contribution in [0.4, 0.5) is 5.82 Å². The van der Waals surface area contributed by atoms with Gasteiger partial charge < -0.3 is 10.1 Å². The van der Waals surface area contributed by atoms with E-state index in [1.54, 1.807) is 24.3 Å². The number of benzene rings is 1. The SMILES string of the molecule is CC(C)OC(=O)CNc1cccc(CN(Cc2ccc(-n3cccn3)cc2)Sc2cccnc2)n1. The van der Waals surface area contributed by atoms with Gasteiger partial charge in [0, 0.05) is 36.2 Å². The zero-order valence-electron chi connectivity index (χ0n) is 19.7. The number of hydrogen-bond donors (Lipinski definition) is 1. The Morgan fingerprint density at radius 1 is 1.06 bits per heavy atom. The van der Waals surface area contributed by atoms with Crippen molar-refractivity contribution in [3.8, 4) is 5.69 Å². The molecule has 180 valence electrons. The van der Waals surface area contributed by atoms with Crippen LogP contribution in [0.2, 0.25) is 0 Å². The second kappa shape index (κ2) is 12.1. The number of rotatable bonds is 11. The van der Waals surface area contributed by atoms with Crippen molar-refractivity contribution in [1.82, 2.24) is 24.1 Å². The van der Waals surface area contributed by atoms with Crippen LogP contribution >= 0.6 is 11.9 Å². The van der Waals surface area contributed by atoms with Gasteiger partial charge in [-0.25, -0.2) is 14.0 Å². The van der Waals surface area contributed by atoms with E-state index in [0.29, 0.717) is 18.9 Å². The molecule has 9 heteroatoms. The summed E-state index contributed by atoms with van der Waals surface area (Å²) in [4.78, 5) is 21.8. The van der Waals surface area contributed by atoms with E-state index in [1.165, 1.54) is 5.56 Å². The number of esters is 1. The van der Waals surface area contributed by atoms with Crippen molar-refractivity contribution in [1.29, 1.82) is 0 Å². The molecular weight excluding hydrogens is 460 g/mol. The monoisotopic (exact) mass is 488 g/mol. The summed E-state index contributed by atoms with van der Waals surface area (Å²) in [5, 5.41) is 7.34. The normalized spacial score (nSPS) is 11.1. The predicted molar refractivity (Wildman–Crippen MR) is 137 cm³/mol. The highest BCUT2D eigenvalue weighted by Crippen LogP contribution is 2.26. The number of nitrogens with one attached hydrogen (secondary N) is 1. The highest BCUT2D eigenvalue weighted by Gasteiger charge is 2.12. The van der Waals surface area contributed by atoms with Gasteiger partial charge in [0.15, 0.2) is 0 Å². The summed E-state index contributed by atoms with van der Waals surface area (Å²) in [6, 6.07) is 20.0. The van der Waals surface area contributed by atoms with E-state index in [0.717, 1.165) is 16.3 Å². The molecule has 0 aliphatic rings. The molecule has 4 rings (SSSR count). The van der Waals surface area contributed by atoms with Gasteiger partial charge in [-0.2, -0.15) is 5.10 Å². The molecule has 0 radical (unpaired) electrons. The van der Waals surface area contributed by atoms with Gasteiger partial charge in [-0.1, -0.05) is 18.2 Å². The molecule has 3 heterocycles. The largest absolute Gasteiger partial charge is 0.462 e. The second-order valence-electron chi connectivity index (χ2n) is 8.10. The number of nitrogens with zero attached hydrogens (tertiary/aromatic N) is 5. The molecule has 0 amide bonds. The standard InChI is InChI=1S/C26H28N6O2S/c1-20(2)34-26(33)17-28-25-8-3-6-22(30-25)19-31(35-24-7-4-13-27-16-24)18-21-9-11-23(12-10-21)32-15-5-14-29-32/h3-16,20H,17-19H2,1-2H3,(H,28,30). The maximum atomic E-state index is 11.9. The fraction of sp³-hybridized carbons (Fsp3) is 0.231. The van der Waals surface area contributed by atoms with Crippen LogP contribution in [0.15, 0.2) is 90.3 Å². The van der Waals surface area contributed by atoms with Crippen molar-refractivity contribution in [2.24, 2.45) is 0 Å². The number of anilines is 1. The third-order valence-corrected chi connectivity index (χ3v) is 5.83. The number of carbonyl (C=O) groups excluding carboxylic acids is 1. The van der Waals surface area contributed by atoms with Gasteiger partial charge in [0.1, 0.15) is 12.4 Å². The first-order valence-corrected chi connectivity index (χ1v) is 12.1. The van der Waals surface area contributed by atoms with Crippen LogP contribution in [0.3, 0.4) is 0 Å². The Labute approximate surface area is 209 Å². The number of carbonyl (C=O) groups is 1. The lowest BCUT2D eigenvalue weighted by molar-refractivity contribution is -0.145. The lowest BCUT2D eigenvalue weighted by Gasteiger charge is -2.21. The maximum Gasteiger partial charge on any atom is 0.325 e.